The summed E-state index contributed by atoms with van der Waals surface area (Å²) in [5.74, 6) is 0.473. The minimum atomic E-state index is 0.473. The van der Waals surface area contributed by atoms with Crippen LogP contribution in [0.1, 0.15) is 18.1 Å². The predicted octanol–water partition coefficient (Wildman–Crippen LogP) is 3.29. The molecule has 1 rings (SSSR count). The SMILES string of the molecule is COCC(C)/C=C/c1cccc(C)c1. The van der Waals surface area contributed by atoms with E-state index in [-0.39, 0.29) is 0 Å². The van der Waals surface area contributed by atoms with Gasteiger partial charge in [-0.15, -0.1) is 0 Å². The highest BCUT2D eigenvalue weighted by molar-refractivity contribution is 5.50. The van der Waals surface area contributed by atoms with Crippen LogP contribution in [-0.4, -0.2) is 13.7 Å². The van der Waals surface area contributed by atoms with Gasteiger partial charge < -0.3 is 4.74 Å². The van der Waals surface area contributed by atoms with E-state index in [2.05, 4.69) is 50.3 Å². The Balaban J connectivity index is 2.59. The maximum Gasteiger partial charge on any atom is 0.0522 e. The third kappa shape index (κ3) is 3.75. The lowest BCUT2D eigenvalue weighted by Gasteiger charge is -2.03. The largest absolute Gasteiger partial charge is 0.384 e. The van der Waals surface area contributed by atoms with E-state index < -0.39 is 0 Å². The fourth-order valence-corrected chi connectivity index (χ4v) is 1.37. The summed E-state index contributed by atoms with van der Waals surface area (Å²) < 4.78 is 5.06. The minimum absolute atomic E-state index is 0.473. The third-order valence-electron chi connectivity index (χ3n) is 2.09. The zero-order valence-electron chi connectivity index (χ0n) is 9.16. The predicted molar refractivity (Wildman–Crippen MR) is 61.3 cm³/mol. The molecule has 1 heteroatoms. The maximum absolute atomic E-state index is 5.06. The van der Waals surface area contributed by atoms with E-state index in [0.29, 0.717) is 5.92 Å². The summed E-state index contributed by atoms with van der Waals surface area (Å²) in [5.41, 5.74) is 2.56. The lowest BCUT2D eigenvalue weighted by molar-refractivity contribution is 0.176. The molecule has 0 saturated heterocycles. The first-order chi connectivity index (χ1) is 6.72. The van der Waals surface area contributed by atoms with E-state index >= 15 is 0 Å². The van der Waals surface area contributed by atoms with Crippen LogP contribution < -0.4 is 0 Å². The number of methoxy groups -OCH3 is 1. The summed E-state index contributed by atoms with van der Waals surface area (Å²) in [6, 6.07) is 8.48. The molecule has 0 amide bonds. The molecule has 0 saturated carbocycles. The first-order valence-electron chi connectivity index (χ1n) is 4.96. The highest BCUT2D eigenvalue weighted by Gasteiger charge is 1.94. The number of hydrogen-bond donors (Lipinski definition) is 0. The number of rotatable bonds is 4. The van der Waals surface area contributed by atoms with Crippen molar-refractivity contribution < 1.29 is 4.74 Å². The molecule has 1 aromatic rings. The van der Waals surface area contributed by atoms with Gasteiger partial charge in [0, 0.05) is 7.11 Å². The molecule has 0 N–H and O–H groups in total. The molecule has 0 aliphatic rings. The first kappa shape index (κ1) is 11.0. The van der Waals surface area contributed by atoms with Gasteiger partial charge in [0.15, 0.2) is 0 Å². The second kappa shape index (κ2) is 5.61. The summed E-state index contributed by atoms with van der Waals surface area (Å²) in [6.45, 7) is 5.04. The fraction of sp³-hybridized carbons (Fsp3) is 0.385. The molecular weight excluding hydrogens is 172 g/mol. The zero-order valence-corrected chi connectivity index (χ0v) is 9.16. The molecule has 0 spiro atoms. The molecule has 0 radical (unpaired) electrons. The molecule has 0 bridgehead atoms. The second-order valence-electron chi connectivity index (χ2n) is 3.71. The highest BCUT2D eigenvalue weighted by Crippen LogP contribution is 2.08. The van der Waals surface area contributed by atoms with Crippen molar-refractivity contribution in [1.29, 1.82) is 0 Å². The van der Waals surface area contributed by atoms with Gasteiger partial charge in [-0.1, -0.05) is 48.9 Å². The van der Waals surface area contributed by atoms with Crippen molar-refractivity contribution in [3.8, 4) is 0 Å². The van der Waals surface area contributed by atoms with Gasteiger partial charge >= 0.3 is 0 Å². The lowest BCUT2D eigenvalue weighted by atomic mass is 10.1. The van der Waals surface area contributed by atoms with Crippen LogP contribution in [0.5, 0.6) is 0 Å². The molecule has 14 heavy (non-hydrogen) atoms. The van der Waals surface area contributed by atoms with Crippen molar-refractivity contribution in [2.75, 3.05) is 13.7 Å². The van der Waals surface area contributed by atoms with Crippen LogP contribution >= 0.6 is 0 Å². The molecule has 0 aliphatic carbocycles. The van der Waals surface area contributed by atoms with Gasteiger partial charge in [-0.3, -0.25) is 0 Å². The van der Waals surface area contributed by atoms with Crippen molar-refractivity contribution >= 4 is 6.08 Å². The average molecular weight is 190 g/mol. The molecule has 1 aromatic carbocycles. The Kier molecular flexibility index (Phi) is 4.41. The van der Waals surface area contributed by atoms with Crippen LogP contribution in [0.15, 0.2) is 30.3 Å². The third-order valence-corrected chi connectivity index (χ3v) is 2.09. The van der Waals surface area contributed by atoms with E-state index in [1.807, 2.05) is 0 Å². The van der Waals surface area contributed by atoms with Gasteiger partial charge in [0.1, 0.15) is 0 Å². The molecule has 1 unspecified atom stereocenters. The Hall–Kier alpha value is -1.08. The second-order valence-corrected chi connectivity index (χ2v) is 3.71. The van der Waals surface area contributed by atoms with Crippen molar-refractivity contribution in [2.45, 2.75) is 13.8 Å². The number of ether oxygens (including phenoxy) is 1. The summed E-state index contributed by atoms with van der Waals surface area (Å²) in [6.07, 6.45) is 4.33. The van der Waals surface area contributed by atoms with Crippen LogP contribution in [0.2, 0.25) is 0 Å². The van der Waals surface area contributed by atoms with E-state index in [0.717, 1.165) is 6.61 Å². The Bertz CT molecular complexity index is 302. The standard InChI is InChI=1S/C13H18O/c1-11-5-4-6-13(9-11)8-7-12(2)10-14-3/h4-9,12H,10H2,1-3H3/b8-7+. The average Bonchev–Trinajstić information content (AvgIpc) is 2.15. The minimum Gasteiger partial charge on any atom is -0.384 e. The Morgan fingerprint density at radius 1 is 1.43 bits per heavy atom. The van der Waals surface area contributed by atoms with E-state index in [1.165, 1.54) is 11.1 Å². The molecule has 1 nitrogen and oxygen atoms in total. The zero-order chi connectivity index (χ0) is 10.4. The van der Waals surface area contributed by atoms with Crippen molar-refractivity contribution in [1.82, 2.24) is 0 Å². The van der Waals surface area contributed by atoms with Crippen LogP contribution in [-0.2, 0) is 4.74 Å². The summed E-state index contributed by atoms with van der Waals surface area (Å²) >= 11 is 0. The quantitative estimate of drug-likeness (QED) is 0.708. The van der Waals surface area contributed by atoms with Crippen molar-refractivity contribution in [3.05, 3.63) is 41.5 Å². The van der Waals surface area contributed by atoms with Crippen LogP contribution in [0, 0.1) is 12.8 Å². The molecular formula is C13H18O. The number of hydrogen-bond acceptors (Lipinski definition) is 1. The molecule has 76 valence electrons. The summed E-state index contributed by atoms with van der Waals surface area (Å²) in [5, 5.41) is 0. The molecule has 0 aromatic heterocycles. The van der Waals surface area contributed by atoms with Crippen LogP contribution in [0.4, 0.5) is 0 Å². The summed E-state index contributed by atoms with van der Waals surface area (Å²) in [7, 11) is 1.73. The Morgan fingerprint density at radius 2 is 2.21 bits per heavy atom. The van der Waals surface area contributed by atoms with Crippen LogP contribution in [0.25, 0.3) is 6.08 Å². The molecule has 0 heterocycles. The molecule has 0 aliphatic heterocycles. The van der Waals surface area contributed by atoms with Crippen LogP contribution in [0.3, 0.4) is 0 Å². The Morgan fingerprint density at radius 3 is 2.86 bits per heavy atom. The summed E-state index contributed by atoms with van der Waals surface area (Å²) in [4.78, 5) is 0. The van der Waals surface area contributed by atoms with E-state index in [9.17, 15) is 0 Å². The fourth-order valence-electron chi connectivity index (χ4n) is 1.37. The first-order valence-corrected chi connectivity index (χ1v) is 4.96. The van der Waals surface area contributed by atoms with Gasteiger partial charge in [0.2, 0.25) is 0 Å². The lowest BCUT2D eigenvalue weighted by Crippen LogP contribution is -1.98. The number of benzene rings is 1. The topological polar surface area (TPSA) is 9.23 Å². The Labute approximate surface area is 86.4 Å². The van der Waals surface area contributed by atoms with Gasteiger partial charge in [0.05, 0.1) is 6.61 Å². The normalized spacial score (nSPS) is 13.4. The highest BCUT2D eigenvalue weighted by atomic mass is 16.5. The van der Waals surface area contributed by atoms with Crippen molar-refractivity contribution in [2.24, 2.45) is 5.92 Å². The molecule has 0 fully saturated rings. The van der Waals surface area contributed by atoms with Gasteiger partial charge in [-0.05, 0) is 18.4 Å². The van der Waals surface area contributed by atoms with E-state index in [1.54, 1.807) is 7.11 Å². The smallest absolute Gasteiger partial charge is 0.0522 e. The number of aryl methyl sites for hydroxylation is 1. The van der Waals surface area contributed by atoms with Gasteiger partial charge in [0.25, 0.3) is 0 Å². The van der Waals surface area contributed by atoms with Gasteiger partial charge in [-0.2, -0.15) is 0 Å². The van der Waals surface area contributed by atoms with Crippen molar-refractivity contribution in [3.63, 3.8) is 0 Å². The van der Waals surface area contributed by atoms with Gasteiger partial charge in [-0.25, -0.2) is 0 Å². The monoisotopic (exact) mass is 190 g/mol. The van der Waals surface area contributed by atoms with E-state index in [4.69, 9.17) is 4.74 Å². The molecule has 1 atom stereocenters. The maximum atomic E-state index is 5.06.